The van der Waals surface area contributed by atoms with Gasteiger partial charge >= 0.3 is 11.9 Å². The van der Waals surface area contributed by atoms with Crippen LogP contribution in [0.25, 0.3) is 0 Å². The van der Waals surface area contributed by atoms with Gasteiger partial charge in [-0.1, -0.05) is 57.8 Å². The van der Waals surface area contributed by atoms with Crippen LogP contribution in [0.15, 0.2) is 39.3 Å². The lowest BCUT2D eigenvalue weighted by Crippen LogP contribution is -2.43. The number of phenols is 1. The maximum Gasteiger partial charge on any atom is 0.323 e. The summed E-state index contributed by atoms with van der Waals surface area (Å²) in [6.07, 6.45) is 0.242. The minimum atomic E-state index is -3.65. The number of hydrogen-bond acceptors (Lipinski definition) is 7. The molecule has 2 rings (SSSR count). The third-order valence-electron chi connectivity index (χ3n) is 5.71. The van der Waals surface area contributed by atoms with Crippen LogP contribution in [0.2, 0.25) is 0 Å². The Bertz CT molecular complexity index is 1160. The number of hydrogen-bond donors (Lipinski definition) is 3. The van der Waals surface area contributed by atoms with Crippen LogP contribution >= 0.6 is 39.3 Å². The number of carbonyl (C=O) groups is 2. The predicted octanol–water partition coefficient (Wildman–Crippen LogP) is 6.24. The molecule has 2 aromatic carbocycles. The van der Waals surface area contributed by atoms with Gasteiger partial charge in [0.2, 0.25) is 7.44 Å². The Hall–Kier alpha value is -1.91. The molecule has 0 aliphatic carbocycles. The normalized spacial score (nSPS) is 13.2. The van der Waals surface area contributed by atoms with Gasteiger partial charge in [-0.3, -0.25) is 14.2 Å². The van der Waals surface area contributed by atoms with Crippen molar-refractivity contribution < 1.29 is 33.5 Å². The third-order valence-corrected chi connectivity index (χ3v) is 9.22. The highest BCUT2D eigenvalue weighted by Crippen LogP contribution is 2.40. The summed E-state index contributed by atoms with van der Waals surface area (Å²) in [6.45, 7) is 10.8. The molecule has 39 heavy (non-hydrogen) atoms. The van der Waals surface area contributed by atoms with Gasteiger partial charge in [0.25, 0.3) is 0 Å². The van der Waals surface area contributed by atoms with E-state index >= 15 is 0 Å². The van der Waals surface area contributed by atoms with Crippen molar-refractivity contribution >= 4 is 51.2 Å². The first-order valence-corrected chi connectivity index (χ1v) is 16.2. The molecule has 0 fully saturated rings. The molecule has 0 spiro atoms. The lowest BCUT2D eigenvalue weighted by atomic mass is 9.96. The molecule has 0 radical (unpaired) electrons. The second-order valence-corrected chi connectivity index (χ2v) is 13.3. The zero-order valence-corrected chi connectivity index (χ0v) is 27.1. The maximum absolute atomic E-state index is 13.8. The molecular formula is C27H37Br2N2O7P. The SMILES string of the molecule is CCOC(=O)[C@H](C)NP(=O)(COc1cc(Br)c(Cc2ccc(O)c(C(C)C)c2)c(Br)c1)N[C@@H](C)C(=O)OCC. The van der Waals surface area contributed by atoms with Gasteiger partial charge in [-0.05, 0) is 74.9 Å². The minimum absolute atomic E-state index is 0.176. The highest BCUT2D eigenvalue weighted by atomic mass is 79.9. The molecule has 0 saturated heterocycles. The molecule has 0 saturated carbocycles. The first-order chi connectivity index (χ1) is 18.3. The molecule has 0 unspecified atom stereocenters. The number of phenolic OH excluding ortho intramolecular Hbond substituents is 1. The van der Waals surface area contributed by atoms with Crippen LogP contribution in [-0.2, 0) is 30.0 Å². The second-order valence-electron chi connectivity index (χ2n) is 9.31. The molecular weight excluding hydrogens is 655 g/mol. The monoisotopic (exact) mass is 690 g/mol. The Balaban J connectivity index is 2.25. The van der Waals surface area contributed by atoms with Gasteiger partial charge < -0.3 is 19.3 Å². The van der Waals surface area contributed by atoms with Gasteiger partial charge in [-0.15, -0.1) is 0 Å². The molecule has 0 aliphatic heterocycles. The van der Waals surface area contributed by atoms with Crippen molar-refractivity contribution in [3.63, 3.8) is 0 Å². The molecule has 216 valence electrons. The van der Waals surface area contributed by atoms with E-state index < -0.39 is 31.5 Å². The minimum Gasteiger partial charge on any atom is -0.508 e. The summed E-state index contributed by atoms with van der Waals surface area (Å²) < 4.78 is 31.3. The van der Waals surface area contributed by atoms with Crippen LogP contribution in [0.3, 0.4) is 0 Å². The van der Waals surface area contributed by atoms with Crippen molar-refractivity contribution in [3.8, 4) is 11.5 Å². The molecule has 0 aromatic heterocycles. The zero-order chi connectivity index (χ0) is 29.3. The van der Waals surface area contributed by atoms with E-state index in [2.05, 4.69) is 42.0 Å². The summed E-state index contributed by atoms with van der Waals surface area (Å²) in [5.74, 6) is -0.274. The highest BCUT2D eigenvalue weighted by Gasteiger charge is 2.32. The summed E-state index contributed by atoms with van der Waals surface area (Å²) in [5.41, 5.74) is 2.88. The fourth-order valence-electron chi connectivity index (χ4n) is 3.76. The first-order valence-electron chi connectivity index (χ1n) is 12.7. The van der Waals surface area contributed by atoms with Gasteiger partial charge in [0.1, 0.15) is 23.6 Å². The average Bonchev–Trinajstić information content (AvgIpc) is 2.86. The fraction of sp³-hybridized carbons (Fsp3) is 0.481. The Kier molecular flexibility index (Phi) is 13.0. The van der Waals surface area contributed by atoms with Crippen LogP contribution in [0.1, 0.15) is 64.2 Å². The number of aromatic hydroxyl groups is 1. The van der Waals surface area contributed by atoms with E-state index in [0.717, 1.165) is 25.6 Å². The van der Waals surface area contributed by atoms with Gasteiger partial charge in [0.05, 0.1) is 13.2 Å². The van der Waals surface area contributed by atoms with E-state index in [1.807, 2.05) is 26.0 Å². The van der Waals surface area contributed by atoms with Crippen LogP contribution < -0.4 is 14.9 Å². The maximum atomic E-state index is 13.8. The highest BCUT2D eigenvalue weighted by molar-refractivity contribution is 9.11. The lowest BCUT2D eigenvalue weighted by Gasteiger charge is -2.26. The average molecular weight is 692 g/mol. The first kappa shape index (κ1) is 33.3. The van der Waals surface area contributed by atoms with E-state index in [9.17, 15) is 19.3 Å². The molecule has 12 heteroatoms. The topological polar surface area (TPSA) is 123 Å². The van der Waals surface area contributed by atoms with Gasteiger partial charge in [0.15, 0.2) is 6.35 Å². The van der Waals surface area contributed by atoms with Crippen LogP contribution in [-0.4, -0.2) is 48.7 Å². The summed E-state index contributed by atoms with van der Waals surface area (Å²) in [7, 11) is -3.65. The Morgan fingerprint density at radius 2 is 1.44 bits per heavy atom. The van der Waals surface area contributed by atoms with E-state index in [1.54, 1.807) is 32.0 Å². The number of rotatable bonds is 14. The van der Waals surface area contributed by atoms with Crippen molar-refractivity contribution in [1.82, 2.24) is 10.2 Å². The zero-order valence-electron chi connectivity index (χ0n) is 23.0. The number of carbonyl (C=O) groups excluding carboxylic acids is 2. The van der Waals surface area contributed by atoms with E-state index in [0.29, 0.717) is 12.2 Å². The van der Waals surface area contributed by atoms with E-state index in [-0.39, 0.29) is 31.2 Å². The molecule has 3 N–H and O–H groups in total. The molecule has 2 aromatic rings. The van der Waals surface area contributed by atoms with Gasteiger partial charge in [-0.25, -0.2) is 10.2 Å². The molecule has 9 nitrogen and oxygen atoms in total. The van der Waals surface area contributed by atoms with E-state index in [4.69, 9.17) is 14.2 Å². The van der Waals surface area contributed by atoms with Crippen molar-refractivity contribution in [2.24, 2.45) is 0 Å². The number of ether oxygens (including phenoxy) is 3. The van der Waals surface area contributed by atoms with Crippen molar-refractivity contribution in [3.05, 3.63) is 56.0 Å². The molecule has 2 atom stereocenters. The van der Waals surface area contributed by atoms with Crippen molar-refractivity contribution in [2.45, 2.75) is 66.0 Å². The van der Waals surface area contributed by atoms with Crippen molar-refractivity contribution in [2.75, 3.05) is 19.6 Å². The third kappa shape index (κ3) is 9.90. The molecule has 0 amide bonds. The fourth-order valence-corrected chi connectivity index (χ4v) is 7.20. The van der Waals surface area contributed by atoms with Gasteiger partial charge in [0, 0.05) is 8.95 Å². The number of esters is 2. The Morgan fingerprint density at radius 1 is 0.923 bits per heavy atom. The standard InChI is InChI=1S/C27H37Br2N2O7P/c1-7-36-26(33)17(5)30-39(35,31-18(6)27(34)37-8-2)15-38-20-13-23(28)22(24(29)14-20)12-19-9-10-25(32)21(11-19)16(3)4/h9-11,13-14,16-18,32H,7-8,12,15H2,1-6H3,(H2,30,31,35)/t17-,18-/m0/s1. The van der Waals surface area contributed by atoms with Crippen LogP contribution in [0.4, 0.5) is 0 Å². The van der Waals surface area contributed by atoms with Crippen LogP contribution in [0.5, 0.6) is 11.5 Å². The van der Waals surface area contributed by atoms with Crippen LogP contribution in [0, 0.1) is 0 Å². The molecule has 0 aliphatic rings. The molecule has 0 heterocycles. The lowest BCUT2D eigenvalue weighted by molar-refractivity contribution is -0.145. The Labute approximate surface area is 247 Å². The number of halogens is 2. The quantitative estimate of drug-likeness (QED) is 0.156. The summed E-state index contributed by atoms with van der Waals surface area (Å²) >= 11 is 7.22. The predicted molar refractivity (Wildman–Crippen MR) is 158 cm³/mol. The smallest absolute Gasteiger partial charge is 0.323 e. The summed E-state index contributed by atoms with van der Waals surface area (Å²) in [6, 6.07) is 7.28. The summed E-state index contributed by atoms with van der Waals surface area (Å²) in [5, 5.41) is 15.7. The number of benzene rings is 2. The van der Waals surface area contributed by atoms with Gasteiger partial charge in [-0.2, -0.15) is 0 Å². The largest absolute Gasteiger partial charge is 0.508 e. The van der Waals surface area contributed by atoms with E-state index in [1.165, 1.54) is 13.8 Å². The second kappa shape index (κ2) is 15.2. The summed E-state index contributed by atoms with van der Waals surface area (Å²) in [4.78, 5) is 24.4. The Morgan fingerprint density at radius 3 is 1.90 bits per heavy atom. The number of nitrogens with one attached hydrogen (secondary N) is 2. The molecule has 0 bridgehead atoms. The van der Waals surface area contributed by atoms with Crippen molar-refractivity contribution in [1.29, 1.82) is 0 Å².